The maximum absolute atomic E-state index is 3.52. The zero-order chi connectivity index (χ0) is 12.8. The van der Waals surface area contributed by atoms with Crippen LogP contribution in [0.1, 0.15) is 32.3 Å². The van der Waals surface area contributed by atoms with E-state index < -0.39 is 0 Å². The van der Waals surface area contributed by atoms with Crippen LogP contribution in [0, 0.1) is 5.92 Å². The van der Waals surface area contributed by atoms with Crippen molar-refractivity contribution in [3.8, 4) is 0 Å². The maximum Gasteiger partial charge on any atom is 0.0398 e. The normalized spacial score (nSPS) is 19.8. The van der Waals surface area contributed by atoms with Gasteiger partial charge in [-0.25, -0.2) is 0 Å². The van der Waals surface area contributed by atoms with Crippen molar-refractivity contribution in [1.82, 2.24) is 5.32 Å². The van der Waals surface area contributed by atoms with Gasteiger partial charge in [-0.2, -0.15) is 0 Å². The lowest BCUT2D eigenvalue weighted by Gasteiger charge is -2.27. The first-order valence-electron chi connectivity index (χ1n) is 7.38. The highest BCUT2D eigenvalue weighted by Gasteiger charge is 2.16. The number of piperidine rings is 1. The highest BCUT2D eigenvalue weighted by Crippen LogP contribution is 2.25. The Balaban J connectivity index is 2.10. The largest absolute Gasteiger partial charge is 0.372 e. The van der Waals surface area contributed by atoms with E-state index in [1.54, 1.807) is 0 Å². The Morgan fingerprint density at radius 3 is 2.67 bits per heavy atom. The van der Waals surface area contributed by atoms with Crippen molar-refractivity contribution < 1.29 is 0 Å². The van der Waals surface area contributed by atoms with Gasteiger partial charge in [-0.1, -0.05) is 18.2 Å². The molecule has 0 spiro atoms. The highest BCUT2D eigenvalue weighted by molar-refractivity contribution is 5.53. The summed E-state index contributed by atoms with van der Waals surface area (Å²) in [5.41, 5.74) is 2.96. The van der Waals surface area contributed by atoms with Crippen LogP contribution in [0.15, 0.2) is 24.3 Å². The summed E-state index contributed by atoms with van der Waals surface area (Å²) >= 11 is 0. The van der Waals surface area contributed by atoms with Gasteiger partial charge in [0.2, 0.25) is 0 Å². The fourth-order valence-electron chi connectivity index (χ4n) is 2.97. The van der Waals surface area contributed by atoms with Crippen LogP contribution in [0.5, 0.6) is 0 Å². The molecule has 0 amide bonds. The third-order valence-electron chi connectivity index (χ3n) is 4.00. The SMILES string of the molecule is CCN(CC)c1ccccc1CC1CCCNC1. The van der Waals surface area contributed by atoms with Crippen LogP contribution >= 0.6 is 0 Å². The number of benzene rings is 1. The zero-order valence-corrected chi connectivity index (χ0v) is 11.8. The lowest BCUT2D eigenvalue weighted by molar-refractivity contribution is 0.376. The molecule has 1 aromatic carbocycles. The standard InChI is InChI=1S/C16H26N2/c1-3-18(4-2)16-10-6-5-9-15(16)12-14-8-7-11-17-13-14/h5-6,9-10,14,17H,3-4,7-8,11-13H2,1-2H3. The summed E-state index contributed by atoms with van der Waals surface area (Å²) < 4.78 is 0. The van der Waals surface area contributed by atoms with E-state index in [1.807, 2.05) is 0 Å². The Kier molecular flexibility index (Phi) is 5.06. The molecule has 18 heavy (non-hydrogen) atoms. The molecule has 0 aromatic heterocycles. The predicted octanol–water partition coefficient (Wildman–Crippen LogP) is 3.07. The van der Waals surface area contributed by atoms with Crippen molar-refractivity contribution >= 4 is 5.69 Å². The van der Waals surface area contributed by atoms with Crippen molar-refractivity contribution in [3.63, 3.8) is 0 Å². The van der Waals surface area contributed by atoms with Crippen LogP contribution in [0.2, 0.25) is 0 Å². The van der Waals surface area contributed by atoms with E-state index in [4.69, 9.17) is 0 Å². The summed E-state index contributed by atoms with van der Waals surface area (Å²) in [7, 11) is 0. The first-order chi connectivity index (χ1) is 8.85. The molecule has 1 atom stereocenters. The Hall–Kier alpha value is -1.02. The third-order valence-corrected chi connectivity index (χ3v) is 4.00. The maximum atomic E-state index is 3.52. The quantitative estimate of drug-likeness (QED) is 0.859. The number of hydrogen-bond donors (Lipinski definition) is 1. The number of para-hydroxylation sites is 1. The Bertz CT molecular complexity index is 352. The molecule has 0 radical (unpaired) electrons. The average molecular weight is 246 g/mol. The molecule has 0 bridgehead atoms. The molecule has 1 unspecified atom stereocenters. The molecule has 0 saturated carbocycles. The first kappa shape index (κ1) is 13.4. The number of nitrogens with zero attached hydrogens (tertiary/aromatic N) is 1. The smallest absolute Gasteiger partial charge is 0.0398 e. The van der Waals surface area contributed by atoms with Gasteiger partial charge in [-0.15, -0.1) is 0 Å². The number of nitrogens with one attached hydrogen (secondary N) is 1. The van der Waals surface area contributed by atoms with E-state index >= 15 is 0 Å². The predicted molar refractivity (Wildman–Crippen MR) is 79.3 cm³/mol. The minimum atomic E-state index is 0.815. The van der Waals surface area contributed by atoms with Crippen molar-refractivity contribution in [2.75, 3.05) is 31.1 Å². The molecule has 2 heteroatoms. The molecule has 1 fully saturated rings. The fourth-order valence-corrected chi connectivity index (χ4v) is 2.97. The van der Waals surface area contributed by atoms with Gasteiger partial charge in [0.05, 0.1) is 0 Å². The van der Waals surface area contributed by atoms with E-state index in [9.17, 15) is 0 Å². The molecular formula is C16H26N2. The Morgan fingerprint density at radius 1 is 1.22 bits per heavy atom. The van der Waals surface area contributed by atoms with Crippen molar-refractivity contribution in [2.45, 2.75) is 33.1 Å². The molecule has 1 N–H and O–H groups in total. The van der Waals surface area contributed by atoms with E-state index in [-0.39, 0.29) is 0 Å². The number of rotatable bonds is 5. The highest BCUT2D eigenvalue weighted by atomic mass is 15.1. The van der Waals surface area contributed by atoms with Crippen LogP contribution in [-0.2, 0) is 6.42 Å². The number of hydrogen-bond acceptors (Lipinski definition) is 2. The lowest BCUT2D eigenvalue weighted by atomic mass is 9.91. The van der Waals surface area contributed by atoms with Gasteiger partial charge >= 0.3 is 0 Å². The molecule has 1 saturated heterocycles. The van der Waals surface area contributed by atoms with Crippen molar-refractivity contribution in [3.05, 3.63) is 29.8 Å². The molecule has 2 nitrogen and oxygen atoms in total. The van der Waals surface area contributed by atoms with Crippen molar-refractivity contribution in [1.29, 1.82) is 0 Å². The molecule has 0 aliphatic carbocycles. The van der Waals surface area contributed by atoms with Gasteiger partial charge in [-0.05, 0) is 63.7 Å². The summed E-state index contributed by atoms with van der Waals surface area (Å²) in [6.45, 7) is 9.05. The molecule has 1 aliphatic heterocycles. The molecule has 100 valence electrons. The van der Waals surface area contributed by atoms with E-state index in [0.717, 1.165) is 19.0 Å². The van der Waals surface area contributed by atoms with Gasteiger partial charge in [0.1, 0.15) is 0 Å². The second-order valence-electron chi connectivity index (χ2n) is 5.22. The van der Waals surface area contributed by atoms with Crippen LogP contribution < -0.4 is 10.2 Å². The summed E-state index contributed by atoms with van der Waals surface area (Å²) in [5, 5.41) is 3.52. The van der Waals surface area contributed by atoms with Gasteiger partial charge in [0, 0.05) is 18.8 Å². The Labute approximate surface area is 111 Å². The summed E-state index contributed by atoms with van der Waals surface area (Å²) in [6, 6.07) is 8.93. The monoisotopic (exact) mass is 246 g/mol. The van der Waals surface area contributed by atoms with Crippen LogP contribution in [0.25, 0.3) is 0 Å². The minimum Gasteiger partial charge on any atom is -0.372 e. The van der Waals surface area contributed by atoms with E-state index in [1.165, 1.54) is 43.6 Å². The Morgan fingerprint density at radius 2 is 2.00 bits per heavy atom. The van der Waals surface area contributed by atoms with Gasteiger partial charge < -0.3 is 10.2 Å². The minimum absolute atomic E-state index is 0.815. The average Bonchev–Trinajstić information content (AvgIpc) is 2.43. The van der Waals surface area contributed by atoms with Crippen molar-refractivity contribution in [2.24, 2.45) is 5.92 Å². The summed E-state index contributed by atoms with van der Waals surface area (Å²) in [4.78, 5) is 2.46. The van der Waals surface area contributed by atoms with Crippen LogP contribution in [-0.4, -0.2) is 26.2 Å². The van der Waals surface area contributed by atoms with Gasteiger partial charge in [-0.3, -0.25) is 0 Å². The first-order valence-corrected chi connectivity index (χ1v) is 7.38. The second kappa shape index (κ2) is 6.79. The molecule has 1 heterocycles. The van der Waals surface area contributed by atoms with Gasteiger partial charge in [0.15, 0.2) is 0 Å². The second-order valence-corrected chi connectivity index (χ2v) is 5.22. The molecule has 2 rings (SSSR count). The third kappa shape index (κ3) is 3.26. The summed E-state index contributed by atoms with van der Waals surface area (Å²) in [5.74, 6) is 0.815. The topological polar surface area (TPSA) is 15.3 Å². The molecule has 1 aliphatic rings. The van der Waals surface area contributed by atoms with Gasteiger partial charge in [0.25, 0.3) is 0 Å². The summed E-state index contributed by atoms with van der Waals surface area (Å²) in [6.07, 6.45) is 3.93. The number of anilines is 1. The lowest BCUT2D eigenvalue weighted by Crippen LogP contribution is -2.31. The molecule has 1 aromatic rings. The van der Waals surface area contributed by atoms with Crippen LogP contribution in [0.4, 0.5) is 5.69 Å². The fraction of sp³-hybridized carbons (Fsp3) is 0.625. The molecular weight excluding hydrogens is 220 g/mol. The van der Waals surface area contributed by atoms with E-state index in [0.29, 0.717) is 0 Å². The van der Waals surface area contributed by atoms with E-state index in [2.05, 4.69) is 48.3 Å². The van der Waals surface area contributed by atoms with Crippen LogP contribution in [0.3, 0.4) is 0 Å². The zero-order valence-electron chi connectivity index (χ0n) is 11.8.